The average molecular weight is 418 g/mol. The minimum Gasteiger partial charge on any atom is -0.444 e. The van der Waals surface area contributed by atoms with E-state index >= 15 is 0 Å². The van der Waals surface area contributed by atoms with Crippen LogP contribution in [0, 0.1) is 5.92 Å². The zero-order chi connectivity index (χ0) is 21.7. The lowest BCUT2D eigenvalue weighted by Gasteiger charge is -2.32. The van der Waals surface area contributed by atoms with Crippen molar-refractivity contribution in [3.05, 3.63) is 24.4 Å². The van der Waals surface area contributed by atoms with Crippen molar-refractivity contribution in [2.75, 3.05) is 24.5 Å². The van der Waals surface area contributed by atoms with Crippen LogP contribution in [0.4, 0.5) is 10.6 Å². The summed E-state index contributed by atoms with van der Waals surface area (Å²) in [5.74, 6) is 0.146. The Morgan fingerprint density at radius 1 is 1.03 bits per heavy atom. The van der Waals surface area contributed by atoms with Crippen LogP contribution in [0.5, 0.6) is 0 Å². The highest BCUT2D eigenvalue weighted by atomic mass is 16.6. The number of aromatic nitrogens is 1. The number of pyridine rings is 1. The molecule has 2 aliphatic heterocycles. The molecule has 9 nitrogen and oxygen atoms in total. The van der Waals surface area contributed by atoms with Crippen LogP contribution in [0.2, 0.25) is 0 Å². The summed E-state index contributed by atoms with van der Waals surface area (Å²) >= 11 is 0. The zero-order valence-corrected chi connectivity index (χ0v) is 17.9. The monoisotopic (exact) mass is 417 g/mol. The van der Waals surface area contributed by atoms with Crippen LogP contribution in [0.1, 0.15) is 46.5 Å². The molecular weight excluding hydrogens is 386 g/mol. The van der Waals surface area contributed by atoms with Gasteiger partial charge in [-0.3, -0.25) is 25.3 Å². The van der Waals surface area contributed by atoms with Gasteiger partial charge in [0.1, 0.15) is 17.5 Å². The highest BCUT2D eigenvalue weighted by Gasteiger charge is 2.37. The summed E-state index contributed by atoms with van der Waals surface area (Å²) < 4.78 is 5.38. The molecule has 9 heteroatoms. The number of hydrogen-bond acceptors (Lipinski definition) is 6. The fraction of sp³-hybridized carbons (Fsp3) is 0.619. The number of nitrogens with zero attached hydrogens (tertiary/aromatic N) is 3. The third kappa shape index (κ3) is 5.61. The Hall–Kier alpha value is -2.84. The van der Waals surface area contributed by atoms with E-state index < -0.39 is 23.6 Å². The molecule has 0 saturated carbocycles. The van der Waals surface area contributed by atoms with Crippen LogP contribution >= 0.6 is 0 Å². The second-order valence-electron chi connectivity index (χ2n) is 8.76. The van der Waals surface area contributed by atoms with E-state index in [0.29, 0.717) is 25.8 Å². The second kappa shape index (κ2) is 9.32. The number of likely N-dealkylation sites (tertiary alicyclic amines) is 1. The lowest BCUT2D eigenvalue weighted by atomic mass is 9.96. The molecule has 1 atom stereocenters. The highest BCUT2D eigenvalue weighted by Crippen LogP contribution is 2.22. The standard InChI is InChI=1S/C21H31N5O4/c1-21(2,3)30-20(29)26-12-6-7-16(26)19(28)24-23-18(27)15-9-13-25(14-10-15)17-8-4-5-11-22-17/h4-5,8,11,15-16H,6-7,9-10,12-14H2,1-3H3,(H,23,27)(H,24,28)/t16-/m1/s1. The fourth-order valence-electron chi connectivity index (χ4n) is 3.80. The Bertz CT molecular complexity index is 756. The average Bonchev–Trinajstić information content (AvgIpc) is 3.21. The highest BCUT2D eigenvalue weighted by molar-refractivity contribution is 5.88. The minimum atomic E-state index is -0.633. The Labute approximate surface area is 177 Å². The van der Waals surface area contributed by atoms with Crippen molar-refractivity contribution in [2.45, 2.75) is 58.1 Å². The molecule has 2 saturated heterocycles. The van der Waals surface area contributed by atoms with Gasteiger partial charge in [-0.25, -0.2) is 9.78 Å². The summed E-state index contributed by atoms with van der Waals surface area (Å²) in [6.45, 7) is 7.30. The van der Waals surface area contributed by atoms with E-state index in [9.17, 15) is 14.4 Å². The lowest BCUT2D eigenvalue weighted by Crippen LogP contribution is -2.54. The number of ether oxygens (including phenoxy) is 1. The molecule has 0 aromatic carbocycles. The van der Waals surface area contributed by atoms with Gasteiger partial charge in [0.05, 0.1) is 0 Å². The topological polar surface area (TPSA) is 104 Å². The van der Waals surface area contributed by atoms with Crippen LogP contribution < -0.4 is 15.8 Å². The largest absolute Gasteiger partial charge is 0.444 e. The Morgan fingerprint density at radius 2 is 1.73 bits per heavy atom. The molecular formula is C21H31N5O4. The van der Waals surface area contributed by atoms with Crippen molar-refractivity contribution in [2.24, 2.45) is 5.92 Å². The Balaban J connectivity index is 1.45. The molecule has 0 bridgehead atoms. The van der Waals surface area contributed by atoms with Gasteiger partial charge in [-0.05, 0) is 58.6 Å². The first kappa shape index (κ1) is 21.9. The fourth-order valence-corrected chi connectivity index (χ4v) is 3.80. The van der Waals surface area contributed by atoms with Crippen LogP contribution in [-0.4, -0.2) is 59.1 Å². The van der Waals surface area contributed by atoms with Crippen molar-refractivity contribution in [1.29, 1.82) is 0 Å². The summed E-state index contributed by atoms with van der Waals surface area (Å²) in [7, 11) is 0. The number of amides is 3. The molecule has 1 aromatic rings. The van der Waals surface area contributed by atoms with Crippen LogP contribution in [0.3, 0.4) is 0 Å². The number of piperidine rings is 1. The van der Waals surface area contributed by atoms with Gasteiger partial charge in [0.25, 0.3) is 5.91 Å². The predicted molar refractivity (Wildman–Crippen MR) is 111 cm³/mol. The first-order chi connectivity index (χ1) is 14.2. The number of hydrogen-bond donors (Lipinski definition) is 2. The third-order valence-electron chi connectivity index (χ3n) is 5.33. The smallest absolute Gasteiger partial charge is 0.410 e. The van der Waals surface area contributed by atoms with E-state index in [0.717, 1.165) is 25.3 Å². The van der Waals surface area contributed by atoms with Crippen molar-refractivity contribution in [3.63, 3.8) is 0 Å². The van der Waals surface area contributed by atoms with Crippen molar-refractivity contribution < 1.29 is 19.1 Å². The Morgan fingerprint density at radius 3 is 2.37 bits per heavy atom. The molecule has 2 fully saturated rings. The number of rotatable bonds is 3. The predicted octanol–water partition coefficient (Wildman–Crippen LogP) is 1.84. The molecule has 0 spiro atoms. The quantitative estimate of drug-likeness (QED) is 0.728. The van der Waals surface area contributed by atoms with E-state index in [2.05, 4.69) is 20.7 Å². The summed E-state index contributed by atoms with van der Waals surface area (Å²) in [5, 5.41) is 0. The third-order valence-corrected chi connectivity index (χ3v) is 5.33. The molecule has 0 aliphatic carbocycles. The molecule has 2 aliphatic rings. The molecule has 3 rings (SSSR count). The van der Waals surface area contributed by atoms with E-state index in [4.69, 9.17) is 4.74 Å². The van der Waals surface area contributed by atoms with Gasteiger partial charge in [-0.2, -0.15) is 0 Å². The van der Waals surface area contributed by atoms with Gasteiger partial charge >= 0.3 is 6.09 Å². The Kier molecular flexibility index (Phi) is 6.79. The lowest BCUT2D eigenvalue weighted by molar-refractivity contribution is -0.133. The van der Waals surface area contributed by atoms with Gasteiger partial charge in [0.2, 0.25) is 5.91 Å². The molecule has 3 amide bonds. The number of anilines is 1. The molecule has 0 unspecified atom stereocenters. The van der Waals surface area contributed by atoms with Crippen molar-refractivity contribution in [1.82, 2.24) is 20.7 Å². The number of carbonyl (C=O) groups excluding carboxylic acids is 3. The summed E-state index contributed by atoms with van der Waals surface area (Å²) in [6.07, 6.45) is 3.89. The normalized spacial score (nSPS) is 20.0. The summed E-state index contributed by atoms with van der Waals surface area (Å²) in [6, 6.07) is 5.14. The van der Waals surface area contributed by atoms with E-state index in [-0.39, 0.29) is 11.8 Å². The van der Waals surface area contributed by atoms with Crippen molar-refractivity contribution >= 4 is 23.7 Å². The van der Waals surface area contributed by atoms with E-state index in [1.165, 1.54) is 4.90 Å². The molecule has 3 heterocycles. The molecule has 2 N–H and O–H groups in total. The first-order valence-electron chi connectivity index (χ1n) is 10.5. The van der Waals surface area contributed by atoms with Gasteiger partial charge in [0, 0.05) is 31.7 Å². The maximum atomic E-state index is 12.6. The summed E-state index contributed by atoms with van der Waals surface area (Å²) in [5.41, 5.74) is 4.41. The first-order valence-corrected chi connectivity index (χ1v) is 10.5. The summed E-state index contributed by atoms with van der Waals surface area (Å²) in [4.78, 5) is 45.3. The number of carbonyl (C=O) groups is 3. The van der Waals surface area contributed by atoms with Crippen molar-refractivity contribution in [3.8, 4) is 0 Å². The zero-order valence-electron chi connectivity index (χ0n) is 17.9. The maximum absolute atomic E-state index is 12.6. The minimum absolute atomic E-state index is 0.171. The van der Waals surface area contributed by atoms with Gasteiger partial charge in [-0.1, -0.05) is 6.07 Å². The molecule has 30 heavy (non-hydrogen) atoms. The van der Waals surface area contributed by atoms with E-state index in [1.807, 2.05) is 18.2 Å². The van der Waals surface area contributed by atoms with Gasteiger partial charge < -0.3 is 9.64 Å². The molecule has 164 valence electrons. The SMILES string of the molecule is CC(C)(C)OC(=O)N1CCC[C@@H]1C(=O)NNC(=O)C1CCN(c2ccccn2)CC1. The number of hydrazine groups is 1. The van der Waals surface area contributed by atoms with Crippen LogP contribution in [-0.2, 0) is 14.3 Å². The molecule has 0 radical (unpaired) electrons. The second-order valence-corrected chi connectivity index (χ2v) is 8.76. The van der Waals surface area contributed by atoms with Gasteiger partial charge in [0.15, 0.2) is 0 Å². The van der Waals surface area contributed by atoms with Crippen LogP contribution in [0.15, 0.2) is 24.4 Å². The van der Waals surface area contributed by atoms with E-state index in [1.54, 1.807) is 27.0 Å². The number of nitrogens with one attached hydrogen (secondary N) is 2. The van der Waals surface area contributed by atoms with Crippen LogP contribution in [0.25, 0.3) is 0 Å². The molecule has 1 aromatic heterocycles. The van der Waals surface area contributed by atoms with Gasteiger partial charge in [-0.15, -0.1) is 0 Å². The maximum Gasteiger partial charge on any atom is 0.410 e.